The Hall–Kier alpha value is -1.13. The molecule has 0 aromatic heterocycles. The largest absolute Gasteiger partial charge is 0.348 e. The molecule has 0 saturated heterocycles. The van der Waals surface area contributed by atoms with Crippen LogP contribution < -0.4 is 11.1 Å². The number of nitrogens with one attached hydrogen (secondary N) is 1. The summed E-state index contributed by atoms with van der Waals surface area (Å²) in [6, 6.07) is 4.16. The summed E-state index contributed by atoms with van der Waals surface area (Å²) in [5, 5.41) is 2.74. The van der Waals surface area contributed by atoms with Crippen molar-refractivity contribution >= 4 is 17.5 Å². The Kier molecular flexibility index (Phi) is 4.77. The van der Waals surface area contributed by atoms with Gasteiger partial charge in [-0.1, -0.05) is 30.5 Å². The lowest BCUT2D eigenvalue weighted by atomic mass is 9.98. The van der Waals surface area contributed by atoms with Crippen molar-refractivity contribution in [2.24, 2.45) is 11.7 Å². The number of hydrogen-bond donors (Lipinski definition) is 2. The van der Waals surface area contributed by atoms with E-state index in [1.54, 1.807) is 0 Å². The summed E-state index contributed by atoms with van der Waals surface area (Å²) in [6.45, 7) is 0.392. The average molecular weight is 285 g/mol. The number of carbonyl (C=O) groups is 1. The first-order valence-corrected chi connectivity index (χ1v) is 6.96. The molecule has 5 heteroatoms. The number of carbonyl (C=O) groups excluding carboxylic acids is 1. The van der Waals surface area contributed by atoms with E-state index in [4.69, 9.17) is 17.3 Å². The highest BCUT2D eigenvalue weighted by atomic mass is 35.5. The summed E-state index contributed by atoms with van der Waals surface area (Å²) in [5.41, 5.74) is 5.89. The van der Waals surface area contributed by atoms with Crippen molar-refractivity contribution in [2.45, 2.75) is 31.7 Å². The van der Waals surface area contributed by atoms with Gasteiger partial charge in [0.2, 0.25) is 0 Å². The number of amides is 1. The molecular weight excluding hydrogens is 267 g/mol. The Morgan fingerprint density at radius 2 is 2.16 bits per heavy atom. The maximum atomic E-state index is 13.3. The highest BCUT2D eigenvalue weighted by Crippen LogP contribution is 2.28. The molecule has 0 bridgehead atoms. The maximum absolute atomic E-state index is 13.3. The van der Waals surface area contributed by atoms with Gasteiger partial charge in [0.25, 0.3) is 5.91 Å². The molecular formula is C14H18ClFN2O. The maximum Gasteiger partial charge on any atom is 0.253 e. The minimum Gasteiger partial charge on any atom is -0.348 e. The minimum atomic E-state index is -0.584. The normalized spacial score (nSPS) is 17.4. The molecule has 1 unspecified atom stereocenters. The van der Waals surface area contributed by atoms with E-state index in [1.165, 1.54) is 31.0 Å². The van der Waals surface area contributed by atoms with Gasteiger partial charge in [0.15, 0.2) is 0 Å². The van der Waals surface area contributed by atoms with E-state index >= 15 is 0 Å². The average Bonchev–Trinajstić information content (AvgIpc) is 2.92. The Labute approximate surface area is 117 Å². The second-order valence-electron chi connectivity index (χ2n) is 4.96. The fraction of sp³-hybridized carbons (Fsp3) is 0.500. The lowest BCUT2D eigenvalue weighted by Crippen LogP contribution is -2.44. The minimum absolute atomic E-state index is 0.0608. The molecule has 0 heterocycles. The Bertz CT molecular complexity index is 461. The molecule has 2 rings (SSSR count). The van der Waals surface area contributed by atoms with Crippen LogP contribution in [-0.4, -0.2) is 18.5 Å². The third-order valence-electron chi connectivity index (χ3n) is 3.74. The zero-order valence-electron chi connectivity index (χ0n) is 10.7. The first-order valence-electron chi connectivity index (χ1n) is 6.58. The van der Waals surface area contributed by atoms with Crippen molar-refractivity contribution in [3.8, 4) is 0 Å². The molecule has 104 valence electrons. The van der Waals surface area contributed by atoms with Crippen molar-refractivity contribution in [2.75, 3.05) is 6.54 Å². The predicted molar refractivity (Wildman–Crippen MR) is 73.7 cm³/mol. The van der Waals surface area contributed by atoms with Gasteiger partial charge in [-0.15, -0.1) is 0 Å². The first-order chi connectivity index (χ1) is 9.13. The van der Waals surface area contributed by atoms with Gasteiger partial charge in [-0.25, -0.2) is 4.39 Å². The summed E-state index contributed by atoms with van der Waals surface area (Å²) in [5.74, 6) is -0.521. The van der Waals surface area contributed by atoms with Crippen LogP contribution in [0.5, 0.6) is 0 Å². The van der Waals surface area contributed by atoms with Crippen molar-refractivity contribution in [3.63, 3.8) is 0 Å². The van der Waals surface area contributed by atoms with E-state index in [1.807, 2.05) is 0 Å². The molecule has 1 aromatic carbocycles. The number of benzene rings is 1. The molecule has 0 radical (unpaired) electrons. The van der Waals surface area contributed by atoms with Crippen LogP contribution in [0.25, 0.3) is 0 Å². The van der Waals surface area contributed by atoms with Gasteiger partial charge in [0.1, 0.15) is 5.82 Å². The molecule has 3 nitrogen and oxygen atoms in total. The van der Waals surface area contributed by atoms with Gasteiger partial charge in [0, 0.05) is 12.6 Å². The Morgan fingerprint density at radius 1 is 1.47 bits per heavy atom. The zero-order chi connectivity index (χ0) is 13.8. The molecule has 19 heavy (non-hydrogen) atoms. The van der Waals surface area contributed by atoms with Gasteiger partial charge in [-0.05, 0) is 30.9 Å². The van der Waals surface area contributed by atoms with Gasteiger partial charge >= 0.3 is 0 Å². The first kappa shape index (κ1) is 14.3. The third-order valence-corrected chi connectivity index (χ3v) is 4.12. The summed E-state index contributed by atoms with van der Waals surface area (Å²) in [7, 11) is 0. The van der Waals surface area contributed by atoms with E-state index in [2.05, 4.69) is 5.32 Å². The van der Waals surface area contributed by atoms with Crippen LogP contribution in [0.3, 0.4) is 0 Å². The van der Waals surface area contributed by atoms with Crippen LogP contribution in [0.4, 0.5) is 4.39 Å². The SMILES string of the molecule is NCC(NC(=O)c1cccc(F)c1Cl)C1CCCC1. The fourth-order valence-electron chi connectivity index (χ4n) is 2.65. The van der Waals surface area contributed by atoms with E-state index in [9.17, 15) is 9.18 Å². The monoisotopic (exact) mass is 284 g/mol. The van der Waals surface area contributed by atoms with Crippen LogP contribution >= 0.6 is 11.6 Å². The van der Waals surface area contributed by atoms with Crippen LogP contribution in [0.15, 0.2) is 18.2 Å². The summed E-state index contributed by atoms with van der Waals surface area (Å²) in [6.07, 6.45) is 4.52. The third kappa shape index (κ3) is 3.25. The Balaban J connectivity index is 2.08. The molecule has 1 fully saturated rings. The van der Waals surface area contributed by atoms with Gasteiger partial charge < -0.3 is 11.1 Å². The highest BCUT2D eigenvalue weighted by molar-refractivity contribution is 6.34. The van der Waals surface area contributed by atoms with Crippen LogP contribution in [-0.2, 0) is 0 Å². The van der Waals surface area contributed by atoms with Gasteiger partial charge in [-0.2, -0.15) is 0 Å². The zero-order valence-corrected chi connectivity index (χ0v) is 11.4. The van der Waals surface area contributed by atoms with E-state index in [-0.39, 0.29) is 22.5 Å². The van der Waals surface area contributed by atoms with Crippen molar-refractivity contribution in [1.82, 2.24) is 5.32 Å². The van der Waals surface area contributed by atoms with E-state index < -0.39 is 5.82 Å². The molecule has 3 N–H and O–H groups in total. The lowest BCUT2D eigenvalue weighted by molar-refractivity contribution is 0.0924. The van der Waals surface area contributed by atoms with Crippen molar-refractivity contribution in [1.29, 1.82) is 0 Å². The molecule has 1 atom stereocenters. The van der Waals surface area contributed by atoms with Gasteiger partial charge in [-0.3, -0.25) is 4.79 Å². The molecule has 1 aliphatic rings. The van der Waals surface area contributed by atoms with Gasteiger partial charge in [0.05, 0.1) is 10.6 Å². The number of halogens is 2. The second-order valence-corrected chi connectivity index (χ2v) is 5.34. The molecule has 1 aliphatic carbocycles. The summed E-state index contributed by atoms with van der Waals surface area (Å²) in [4.78, 5) is 12.1. The topological polar surface area (TPSA) is 55.1 Å². The van der Waals surface area contributed by atoms with Crippen LogP contribution in [0, 0.1) is 11.7 Å². The number of hydrogen-bond acceptors (Lipinski definition) is 2. The molecule has 1 aromatic rings. The van der Waals surface area contributed by atoms with Crippen LogP contribution in [0.1, 0.15) is 36.0 Å². The number of rotatable bonds is 4. The lowest BCUT2D eigenvalue weighted by Gasteiger charge is -2.23. The molecule has 1 amide bonds. The Morgan fingerprint density at radius 3 is 2.79 bits per heavy atom. The molecule has 1 saturated carbocycles. The summed E-state index contributed by atoms with van der Waals surface area (Å²) < 4.78 is 13.3. The standard InChI is InChI=1S/C14H18ClFN2O/c15-13-10(6-3-7-11(13)16)14(19)18-12(8-17)9-4-1-2-5-9/h3,6-7,9,12H,1-2,4-5,8,17H2,(H,18,19). The highest BCUT2D eigenvalue weighted by Gasteiger charge is 2.26. The van der Waals surface area contributed by atoms with Crippen LogP contribution in [0.2, 0.25) is 5.02 Å². The smallest absolute Gasteiger partial charge is 0.253 e. The van der Waals surface area contributed by atoms with E-state index in [0.717, 1.165) is 12.8 Å². The van der Waals surface area contributed by atoms with Crippen molar-refractivity contribution < 1.29 is 9.18 Å². The fourth-order valence-corrected chi connectivity index (χ4v) is 2.87. The predicted octanol–water partition coefficient (Wildman–Crippen LogP) is 2.73. The van der Waals surface area contributed by atoms with E-state index in [0.29, 0.717) is 12.5 Å². The summed E-state index contributed by atoms with van der Waals surface area (Å²) >= 11 is 5.81. The number of nitrogens with two attached hydrogens (primary N) is 1. The second kappa shape index (κ2) is 6.35. The molecule has 0 aliphatic heterocycles. The van der Waals surface area contributed by atoms with Crippen molar-refractivity contribution in [3.05, 3.63) is 34.6 Å². The molecule has 0 spiro atoms. The quantitative estimate of drug-likeness (QED) is 0.893.